The van der Waals surface area contributed by atoms with E-state index in [2.05, 4.69) is 9.88 Å². The monoisotopic (exact) mass is 350 g/mol. The van der Waals surface area contributed by atoms with Crippen LogP contribution in [-0.4, -0.2) is 19.2 Å². The van der Waals surface area contributed by atoms with E-state index in [-0.39, 0.29) is 16.7 Å². The Morgan fingerprint density at radius 2 is 1.96 bits per heavy atom. The average Bonchev–Trinajstić information content (AvgIpc) is 2.76. The molecule has 0 aliphatic carbocycles. The van der Waals surface area contributed by atoms with Crippen molar-refractivity contribution < 1.29 is 17.7 Å². The largest absolute Gasteiger partial charge is 0.487 e. The van der Waals surface area contributed by atoms with Gasteiger partial charge in [0.05, 0.1) is 6.04 Å². The third kappa shape index (κ3) is 3.06. The Hall–Kier alpha value is -1.86. The number of hydrogen-bond acceptors (Lipinski definition) is 5. The van der Waals surface area contributed by atoms with Gasteiger partial charge in [0.2, 0.25) is 10.0 Å². The zero-order chi connectivity index (χ0) is 17.7. The SMILES string of the molecule is Cc1ccc2c(c1)OC(C)(C)CC2NS(=O)(=O)c1c(C)noc1C. The normalized spacial score (nSPS) is 19.6. The van der Waals surface area contributed by atoms with Crippen LogP contribution in [0.15, 0.2) is 27.6 Å². The summed E-state index contributed by atoms with van der Waals surface area (Å²) >= 11 is 0. The third-order valence-electron chi connectivity index (χ3n) is 4.16. The van der Waals surface area contributed by atoms with Crippen molar-refractivity contribution in [2.75, 3.05) is 0 Å². The molecule has 0 fully saturated rings. The van der Waals surface area contributed by atoms with Crippen LogP contribution in [0.3, 0.4) is 0 Å². The number of aryl methyl sites for hydroxylation is 3. The summed E-state index contributed by atoms with van der Waals surface area (Å²) in [6.45, 7) is 9.11. The van der Waals surface area contributed by atoms with Gasteiger partial charge in [-0.25, -0.2) is 13.1 Å². The van der Waals surface area contributed by atoms with Gasteiger partial charge in [0, 0.05) is 12.0 Å². The van der Waals surface area contributed by atoms with Gasteiger partial charge in [-0.1, -0.05) is 17.3 Å². The molecule has 0 spiro atoms. The molecule has 24 heavy (non-hydrogen) atoms. The number of nitrogens with one attached hydrogen (secondary N) is 1. The first-order valence-electron chi connectivity index (χ1n) is 7.84. The maximum atomic E-state index is 12.8. The van der Waals surface area contributed by atoms with Crippen LogP contribution in [0.5, 0.6) is 5.75 Å². The van der Waals surface area contributed by atoms with E-state index >= 15 is 0 Å². The van der Waals surface area contributed by atoms with E-state index in [1.807, 2.05) is 39.0 Å². The first-order valence-corrected chi connectivity index (χ1v) is 9.32. The van der Waals surface area contributed by atoms with E-state index in [0.29, 0.717) is 12.1 Å². The summed E-state index contributed by atoms with van der Waals surface area (Å²) in [6.07, 6.45) is 0.533. The van der Waals surface area contributed by atoms with Gasteiger partial charge in [-0.05, 0) is 46.2 Å². The fraction of sp³-hybridized carbons (Fsp3) is 0.471. The summed E-state index contributed by atoms with van der Waals surface area (Å²) in [5, 5.41) is 3.74. The van der Waals surface area contributed by atoms with Gasteiger partial charge in [0.25, 0.3) is 0 Å². The van der Waals surface area contributed by atoms with Crippen LogP contribution in [0.25, 0.3) is 0 Å². The molecule has 0 radical (unpaired) electrons. The lowest BCUT2D eigenvalue weighted by Gasteiger charge is -2.37. The van der Waals surface area contributed by atoms with Crippen LogP contribution >= 0.6 is 0 Å². The van der Waals surface area contributed by atoms with Crippen molar-refractivity contribution in [1.82, 2.24) is 9.88 Å². The van der Waals surface area contributed by atoms with Gasteiger partial charge < -0.3 is 9.26 Å². The Morgan fingerprint density at radius 3 is 2.58 bits per heavy atom. The predicted molar refractivity (Wildman–Crippen MR) is 89.5 cm³/mol. The van der Waals surface area contributed by atoms with Crippen LogP contribution in [0.4, 0.5) is 0 Å². The molecular formula is C17H22N2O4S. The van der Waals surface area contributed by atoms with Gasteiger partial charge in [-0.15, -0.1) is 0 Å². The Kier molecular flexibility index (Phi) is 3.96. The molecule has 1 atom stereocenters. The lowest BCUT2D eigenvalue weighted by Crippen LogP contribution is -2.41. The topological polar surface area (TPSA) is 81.4 Å². The van der Waals surface area contributed by atoms with Crippen molar-refractivity contribution in [2.24, 2.45) is 0 Å². The molecule has 2 aromatic rings. The highest BCUT2D eigenvalue weighted by molar-refractivity contribution is 7.89. The number of sulfonamides is 1. The Labute approximate surface area is 142 Å². The van der Waals surface area contributed by atoms with Gasteiger partial charge in [0.15, 0.2) is 5.76 Å². The highest BCUT2D eigenvalue weighted by Crippen LogP contribution is 2.40. The number of hydrogen-bond donors (Lipinski definition) is 1. The van der Waals surface area contributed by atoms with Crippen molar-refractivity contribution in [1.29, 1.82) is 0 Å². The molecule has 3 rings (SSSR count). The molecule has 1 N–H and O–H groups in total. The number of fused-ring (bicyclic) bond motifs is 1. The minimum absolute atomic E-state index is 0.112. The molecule has 0 saturated carbocycles. The molecule has 6 nitrogen and oxygen atoms in total. The summed E-state index contributed by atoms with van der Waals surface area (Å²) in [5.41, 5.74) is 1.80. The molecule has 1 aliphatic heterocycles. The van der Waals surface area contributed by atoms with Crippen LogP contribution in [0.2, 0.25) is 0 Å². The standard InChI is InChI=1S/C17H22N2O4S/c1-10-6-7-13-14(9-17(4,5)22-15(13)8-10)19-24(20,21)16-11(2)18-23-12(16)3/h6-8,14,19H,9H2,1-5H3. The van der Waals surface area contributed by atoms with Gasteiger partial charge in [0.1, 0.15) is 21.9 Å². The van der Waals surface area contributed by atoms with Crippen molar-refractivity contribution in [2.45, 2.75) is 57.6 Å². The number of ether oxygens (including phenoxy) is 1. The second-order valence-electron chi connectivity index (χ2n) is 6.93. The molecule has 1 aromatic carbocycles. The lowest BCUT2D eigenvalue weighted by atomic mass is 9.90. The van der Waals surface area contributed by atoms with Crippen molar-refractivity contribution in [3.05, 3.63) is 40.8 Å². The number of aromatic nitrogens is 1. The Balaban J connectivity index is 2.01. The number of nitrogens with zero attached hydrogens (tertiary/aromatic N) is 1. The second-order valence-corrected chi connectivity index (χ2v) is 8.59. The van der Waals surface area contributed by atoms with Crippen LogP contribution in [0, 0.1) is 20.8 Å². The fourth-order valence-electron chi connectivity index (χ4n) is 3.17. The second kappa shape index (κ2) is 5.60. The summed E-state index contributed by atoms with van der Waals surface area (Å²) in [4.78, 5) is 0.112. The van der Waals surface area contributed by atoms with E-state index in [4.69, 9.17) is 9.26 Å². The maximum absolute atomic E-state index is 12.8. The zero-order valence-electron chi connectivity index (χ0n) is 14.5. The van der Waals surface area contributed by atoms with Crippen LogP contribution < -0.4 is 9.46 Å². The Morgan fingerprint density at radius 1 is 1.25 bits per heavy atom. The van der Waals surface area contributed by atoms with Gasteiger partial charge in [-0.2, -0.15) is 0 Å². The van der Waals surface area contributed by atoms with Gasteiger partial charge in [-0.3, -0.25) is 0 Å². The summed E-state index contributed by atoms with van der Waals surface area (Å²) in [6, 6.07) is 5.44. The molecule has 0 saturated heterocycles. The van der Waals surface area contributed by atoms with Crippen molar-refractivity contribution in [3.8, 4) is 5.75 Å². The summed E-state index contributed by atoms with van der Waals surface area (Å²) in [5.74, 6) is 1.01. The first kappa shape index (κ1) is 17.0. The third-order valence-corrected chi connectivity index (χ3v) is 5.88. The van der Waals surface area contributed by atoms with Crippen LogP contribution in [-0.2, 0) is 10.0 Å². The minimum atomic E-state index is -3.74. The number of benzene rings is 1. The lowest BCUT2D eigenvalue weighted by molar-refractivity contribution is 0.0701. The average molecular weight is 350 g/mol. The zero-order valence-corrected chi connectivity index (χ0v) is 15.3. The van der Waals surface area contributed by atoms with Crippen molar-refractivity contribution >= 4 is 10.0 Å². The molecule has 130 valence electrons. The highest BCUT2D eigenvalue weighted by Gasteiger charge is 2.37. The van der Waals surface area contributed by atoms with E-state index in [1.54, 1.807) is 13.8 Å². The summed E-state index contributed by atoms with van der Waals surface area (Å²) in [7, 11) is -3.74. The number of rotatable bonds is 3. The van der Waals surface area contributed by atoms with E-state index in [0.717, 1.165) is 16.9 Å². The quantitative estimate of drug-likeness (QED) is 0.919. The fourth-order valence-corrected chi connectivity index (χ4v) is 4.71. The molecule has 2 heterocycles. The van der Waals surface area contributed by atoms with E-state index < -0.39 is 15.6 Å². The smallest absolute Gasteiger partial charge is 0.246 e. The molecular weight excluding hydrogens is 328 g/mol. The first-order chi connectivity index (χ1) is 11.1. The highest BCUT2D eigenvalue weighted by atomic mass is 32.2. The Bertz CT molecular complexity index is 864. The van der Waals surface area contributed by atoms with Crippen molar-refractivity contribution in [3.63, 3.8) is 0 Å². The molecule has 0 bridgehead atoms. The van der Waals surface area contributed by atoms with Crippen LogP contribution in [0.1, 0.15) is 48.9 Å². The maximum Gasteiger partial charge on any atom is 0.246 e. The molecule has 1 aliphatic rings. The predicted octanol–water partition coefficient (Wildman–Crippen LogP) is 3.18. The minimum Gasteiger partial charge on any atom is -0.487 e. The van der Waals surface area contributed by atoms with Gasteiger partial charge >= 0.3 is 0 Å². The van der Waals surface area contributed by atoms with E-state index in [9.17, 15) is 8.42 Å². The molecule has 1 unspecified atom stereocenters. The molecule has 1 aromatic heterocycles. The van der Waals surface area contributed by atoms with E-state index in [1.165, 1.54) is 0 Å². The molecule has 7 heteroatoms. The molecule has 0 amide bonds. The summed E-state index contributed by atoms with van der Waals surface area (Å²) < 4.78 is 39.5.